The van der Waals surface area contributed by atoms with Gasteiger partial charge in [0.25, 0.3) is 0 Å². The molecule has 0 fully saturated rings. The highest BCUT2D eigenvalue weighted by Gasteiger charge is 2.22. The van der Waals surface area contributed by atoms with E-state index in [4.69, 9.17) is 21.1 Å². The van der Waals surface area contributed by atoms with Crippen molar-refractivity contribution in [3.05, 3.63) is 58.6 Å². The lowest BCUT2D eigenvalue weighted by Crippen LogP contribution is -2.36. The van der Waals surface area contributed by atoms with Gasteiger partial charge in [-0.25, -0.2) is 0 Å². The van der Waals surface area contributed by atoms with Gasteiger partial charge in [-0.05, 0) is 48.7 Å². The Hall–Kier alpha value is -2.24. The molecule has 6 heteroatoms. The number of carboxylic acid groups (broad SMARTS) is 1. The fraction of sp³-hybridized carbons (Fsp3) is 0.316. The Morgan fingerprint density at radius 1 is 1.16 bits per heavy atom. The monoisotopic (exact) mass is 363 g/mol. The van der Waals surface area contributed by atoms with E-state index in [-0.39, 0.29) is 6.04 Å². The summed E-state index contributed by atoms with van der Waals surface area (Å²) in [5.41, 5.74) is 1.65. The molecule has 0 saturated heterocycles. The van der Waals surface area contributed by atoms with Crippen molar-refractivity contribution in [3.63, 3.8) is 0 Å². The highest BCUT2D eigenvalue weighted by molar-refractivity contribution is 6.30. The predicted molar refractivity (Wildman–Crippen MR) is 97.7 cm³/mol. The van der Waals surface area contributed by atoms with Gasteiger partial charge in [-0.3, -0.25) is 10.1 Å². The number of hydrogen-bond donors (Lipinski definition) is 2. The molecule has 0 saturated carbocycles. The van der Waals surface area contributed by atoms with Gasteiger partial charge in [-0.1, -0.05) is 29.8 Å². The predicted octanol–water partition coefficient (Wildman–Crippen LogP) is 3.70. The van der Waals surface area contributed by atoms with Crippen LogP contribution in [0.2, 0.25) is 5.02 Å². The molecule has 0 aromatic heterocycles. The molecule has 134 valence electrons. The lowest BCUT2D eigenvalue weighted by atomic mass is 10.0. The van der Waals surface area contributed by atoms with Gasteiger partial charge in [0.15, 0.2) is 11.5 Å². The van der Waals surface area contributed by atoms with E-state index >= 15 is 0 Å². The summed E-state index contributed by atoms with van der Waals surface area (Å²) in [4.78, 5) is 11.6. The molecule has 2 rings (SSSR count). The van der Waals surface area contributed by atoms with Crippen LogP contribution in [0.15, 0.2) is 42.5 Å². The second kappa shape index (κ2) is 8.74. The molecule has 0 amide bonds. The summed E-state index contributed by atoms with van der Waals surface area (Å²) in [6.07, 6.45) is 0.644. The maximum absolute atomic E-state index is 11.6. The van der Waals surface area contributed by atoms with Crippen LogP contribution in [-0.4, -0.2) is 31.3 Å². The lowest BCUT2D eigenvalue weighted by Gasteiger charge is -2.21. The van der Waals surface area contributed by atoms with Crippen molar-refractivity contribution >= 4 is 17.6 Å². The Labute approximate surface area is 152 Å². The van der Waals surface area contributed by atoms with Crippen molar-refractivity contribution in [1.82, 2.24) is 5.32 Å². The molecule has 0 aliphatic heterocycles. The molecule has 2 atom stereocenters. The molecule has 0 aliphatic carbocycles. The molecule has 1 unspecified atom stereocenters. The molecule has 25 heavy (non-hydrogen) atoms. The van der Waals surface area contributed by atoms with Crippen LogP contribution in [0.4, 0.5) is 0 Å². The van der Waals surface area contributed by atoms with Crippen molar-refractivity contribution in [3.8, 4) is 11.5 Å². The first kappa shape index (κ1) is 19.1. The molecule has 0 bridgehead atoms. The zero-order chi connectivity index (χ0) is 18.4. The van der Waals surface area contributed by atoms with Crippen molar-refractivity contribution < 1.29 is 19.4 Å². The average Bonchev–Trinajstić information content (AvgIpc) is 2.59. The van der Waals surface area contributed by atoms with Gasteiger partial charge >= 0.3 is 5.97 Å². The largest absolute Gasteiger partial charge is 0.493 e. The number of hydrogen-bond acceptors (Lipinski definition) is 4. The zero-order valence-corrected chi connectivity index (χ0v) is 15.2. The Morgan fingerprint density at radius 2 is 1.88 bits per heavy atom. The number of aliphatic carboxylic acids is 1. The van der Waals surface area contributed by atoms with E-state index in [1.807, 2.05) is 25.1 Å². The molecule has 2 N–H and O–H groups in total. The summed E-state index contributed by atoms with van der Waals surface area (Å²) in [5, 5.41) is 13.2. The van der Waals surface area contributed by atoms with E-state index in [0.717, 1.165) is 5.56 Å². The van der Waals surface area contributed by atoms with Crippen molar-refractivity contribution in [2.45, 2.75) is 25.4 Å². The van der Waals surface area contributed by atoms with Gasteiger partial charge in [-0.2, -0.15) is 0 Å². The van der Waals surface area contributed by atoms with Crippen LogP contribution in [0.3, 0.4) is 0 Å². The van der Waals surface area contributed by atoms with Crippen LogP contribution in [-0.2, 0) is 11.2 Å². The second-order valence-corrected chi connectivity index (χ2v) is 6.22. The minimum atomic E-state index is -0.943. The van der Waals surface area contributed by atoms with E-state index in [2.05, 4.69) is 5.32 Å². The van der Waals surface area contributed by atoms with Crippen LogP contribution >= 0.6 is 11.6 Å². The topological polar surface area (TPSA) is 67.8 Å². The smallest absolute Gasteiger partial charge is 0.325 e. The van der Waals surface area contributed by atoms with E-state index in [1.165, 1.54) is 0 Å². The molecule has 5 nitrogen and oxygen atoms in total. The van der Waals surface area contributed by atoms with Gasteiger partial charge in [0, 0.05) is 11.1 Å². The van der Waals surface area contributed by atoms with Gasteiger partial charge in [0.2, 0.25) is 0 Å². The third kappa shape index (κ3) is 5.11. The van der Waals surface area contributed by atoms with Crippen molar-refractivity contribution in [2.75, 3.05) is 14.2 Å². The number of benzene rings is 2. The number of carbonyl (C=O) groups is 1. The number of nitrogens with one attached hydrogen (secondary N) is 1. The minimum absolute atomic E-state index is 0.0711. The molecule has 0 heterocycles. The SMILES string of the molecule is COc1ccc(CC(C)N[C@@H](C(=O)O)c2cccc(Cl)c2)cc1OC. The lowest BCUT2D eigenvalue weighted by molar-refractivity contribution is -0.139. The van der Waals surface area contributed by atoms with Crippen LogP contribution in [0.25, 0.3) is 0 Å². The molecular formula is C19H22ClNO4. The maximum Gasteiger partial charge on any atom is 0.325 e. The summed E-state index contributed by atoms with van der Waals surface area (Å²) in [5.74, 6) is 0.368. The number of ether oxygens (including phenoxy) is 2. The molecule has 2 aromatic rings. The highest BCUT2D eigenvalue weighted by Crippen LogP contribution is 2.28. The third-order valence-corrected chi connectivity index (χ3v) is 4.11. The summed E-state index contributed by atoms with van der Waals surface area (Å²) >= 11 is 5.98. The standard InChI is InChI=1S/C19H22ClNO4/c1-12(9-13-7-8-16(24-2)17(10-13)25-3)21-18(19(22)23)14-5-4-6-15(20)11-14/h4-8,10-12,18,21H,9H2,1-3H3,(H,22,23)/t12?,18-/m1/s1. The minimum Gasteiger partial charge on any atom is -0.493 e. The molecule has 0 radical (unpaired) electrons. The molecule has 2 aromatic carbocycles. The normalized spacial score (nSPS) is 13.1. The first-order valence-corrected chi connectivity index (χ1v) is 8.27. The van der Waals surface area contributed by atoms with Crippen LogP contribution in [0.5, 0.6) is 11.5 Å². The van der Waals surface area contributed by atoms with E-state index < -0.39 is 12.0 Å². The fourth-order valence-electron chi connectivity index (χ4n) is 2.70. The molecule has 0 spiro atoms. The number of methoxy groups -OCH3 is 2. The Bertz CT molecular complexity index is 735. The van der Waals surface area contributed by atoms with Gasteiger partial charge in [-0.15, -0.1) is 0 Å². The van der Waals surface area contributed by atoms with Crippen molar-refractivity contribution in [1.29, 1.82) is 0 Å². The average molecular weight is 364 g/mol. The van der Waals surface area contributed by atoms with Crippen LogP contribution < -0.4 is 14.8 Å². The van der Waals surface area contributed by atoms with Crippen LogP contribution in [0, 0.1) is 0 Å². The Morgan fingerprint density at radius 3 is 2.48 bits per heavy atom. The van der Waals surface area contributed by atoms with Crippen LogP contribution in [0.1, 0.15) is 24.1 Å². The van der Waals surface area contributed by atoms with E-state index in [0.29, 0.717) is 28.5 Å². The molecule has 0 aliphatic rings. The summed E-state index contributed by atoms with van der Waals surface area (Å²) < 4.78 is 10.5. The summed E-state index contributed by atoms with van der Waals surface area (Å²) in [6.45, 7) is 1.94. The first-order valence-electron chi connectivity index (χ1n) is 7.89. The third-order valence-electron chi connectivity index (χ3n) is 3.87. The second-order valence-electron chi connectivity index (χ2n) is 5.79. The van der Waals surface area contributed by atoms with E-state index in [1.54, 1.807) is 38.5 Å². The number of carboxylic acids is 1. The quantitative estimate of drug-likeness (QED) is 0.748. The number of halogens is 1. The first-order chi connectivity index (χ1) is 11.9. The van der Waals surface area contributed by atoms with Gasteiger partial charge < -0.3 is 14.6 Å². The Balaban J connectivity index is 2.11. The van der Waals surface area contributed by atoms with Gasteiger partial charge in [0.1, 0.15) is 6.04 Å². The fourth-order valence-corrected chi connectivity index (χ4v) is 2.90. The van der Waals surface area contributed by atoms with Crippen molar-refractivity contribution in [2.24, 2.45) is 0 Å². The van der Waals surface area contributed by atoms with Gasteiger partial charge in [0.05, 0.1) is 14.2 Å². The maximum atomic E-state index is 11.6. The number of rotatable bonds is 8. The van der Waals surface area contributed by atoms with E-state index in [9.17, 15) is 9.90 Å². The highest BCUT2D eigenvalue weighted by atomic mass is 35.5. The summed E-state index contributed by atoms with van der Waals surface area (Å²) in [6, 6.07) is 11.7. The Kier molecular flexibility index (Phi) is 6.67. The molecular weight excluding hydrogens is 342 g/mol. The zero-order valence-electron chi connectivity index (χ0n) is 14.5. The summed E-state index contributed by atoms with van der Waals surface area (Å²) in [7, 11) is 3.17.